The lowest BCUT2D eigenvalue weighted by atomic mass is 10.0. The Kier molecular flexibility index (Phi) is 3.81. The van der Waals surface area contributed by atoms with Crippen LogP contribution in [0.2, 0.25) is 0 Å². The van der Waals surface area contributed by atoms with E-state index >= 15 is 0 Å². The van der Waals surface area contributed by atoms with Crippen molar-refractivity contribution < 1.29 is 14.7 Å². The van der Waals surface area contributed by atoms with Gasteiger partial charge in [-0.15, -0.1) is 11.8 Å². The number of thioether (sulfide) groups is 1. The lowest BCUT2D eigenvalue weighted by Gasteiger charge is -2.37. The van der Waals surface area contributed by atoms with E-state index in [1.54, 1.807) is 0 Å². The average Bonchev–Trinajstić information content (AvgIpc) is 2.77. The summed E-state index contributed by atoms with van der Waals surface area (Å²) in [6, 6.07) is -0.521. The van der Waals surface area contributed by atoms with Gasteiger partial charge in [0.2, 0.25) is 0 Å². The molecule has 0 spiro atoms. The Morgan fingerprint density at radius 3 is 2.71 bits per heavy atom. The maximum absolute atomic E-state index is 12.3. The third kappa shape index (κ3) is 2.51. The fraction of sp³-hybridized carbons (Fsp3) is 0.818. The molecule has 0 aromatic rings. The number of urea groups is 1. The lowest BCUT2D eigenvalue weighted by molar-refractivity contribution is -0.141. The minimum Gasteiger partial charge on any atom is -0.480 e. The van der Waals surface area contributed by atoms with Gasteiger partial charge in [0.25, 0.3) is 0 Å². The van der Waals surface area contributed by atoms with E-state index in [9.17, 15) is 9.59 Å². The second kappa shape index (κ2) is 5.16. The number of carboxylic acids is 1. The zero-order valence-corrected chi connectivity index (χ0v) is 10.8. The number of carbonyl (C=O) groups is 2. The van der Waals surface area contributed by atoms with Crippen LogP contribution >= 0.6 is 11.8 Å². The fourth-order valence-electron chi connectivity index (χ4n) is 2.38. The molecule has 6 heteroatoms. The normalized spacial score (nSPS) is 29.5. The highest BCUT2D eigenvalue weighted by Crippen LogP contribution is 2.25. The van der Waals surface area contributed by atoms with Crippen LogP contribution in [0, 0.1) is 0 Å². The molecule has 0 aliphatic carbocycles. The van der Waals surface area contributed by atoms with Gasteiger partial charge in [-0.05, 0) is 26.2 Å². The number of amides is 2. The second-order valence-electron chi connectivity index (χ2n) is 4.64. The van der Waals surface area contributed by atoms with Gasteiger partial charge in [0.05, 0.1) is 5.88 Å². The van der Waals surface area contributed by atoms with E-state index in [0.29, 0.717) is 11.6 Å². The van der Waals surface area contributed by atoms with Gasteiger partial charge in [0, 0.05) is 18.3 Å². The highest BCUT2D eigenvalue weighted by molar-refractivity contribution is 7.99. The summed E-state index contributed by atoms with van der Waals surface area (Å²) in [7, 11) is 0. The third-order valence-electron chi connectivity index (χ3n) is 3.46. The molecule has 1 N–H and O–H groups in total. The summed E-state index contributed by atoms with van der Waals surface area (Å²) >= 11 is 1.51. The number of carbonyl (C=O) groups excluding carboxylic acids is 1. The second-order valence-corrected chi connectivity index (χ2v) is 5.64. The highest BCUT2D eigenvalue weighted by atomic mass is 32.2. The van der Waals surface area contributed by atoms with Gasteiger partial charge in [-0.3, -0.25) is 0 Å². The minimum atomic E-state index is -0.895. The van der Waals surface area contributed by atoms with Gasteiger partial charge >= 0.3 is 12.0 Å². The van der Waals surface area contributed by atoms with Crippen molar-refractivity contribution in [1.82, 2.24) is 9.80 Å². The van der Waals surface area contributed by atoms with Crippen molar-refractivity contribution >= 4 is 23.8 Å². The van der Waals surface area contributed by atoms with Crippen LogP contribution < -0.4 is 0 Å². The summed E-state index contributed by atoms with van der Waals surface area (Å²) in [5, 5.41) is 9.07. The molecule has 2 heterocycles. The first-order valence-corrected chi connectivity index (χ1v) is 7.14. The maximum Gasteiger partial charge on any atom is 0.327 e. The van der Waals surface area contributed by atoms with E-state index in [2.05, 4.69) is 0 Å². The van der Waals surface area contributed by atoms with Crippen molar-refractivity contribution in [2.45, 2.75) is 38.3 Å². The Labute approximate surface area is 105 Å². The number of hydrogen-bond donors (Lipinski definition) is 1. The van der Waals surface area contributed by atoms with Crippen molar-refractivity contribution in [3.63, 3.8) is 0 Å². The van der Waals surface area contributed by atoms with Crippen LogP contribution in [0.15, 0.2) is 0 Å². The predicted octanol–water partition coefficient (Wildman–Crippen LogP) is 1.44. The summed E-state index contributed by atoms with van der Waals surface area (Å²) in [6.07, 6.45) is 3.20. The van der Waals surface area contributed by atoms with Gasteiger partial charge in [0.15, 0.2) is 0 Å². The molecule has 1 unspecified atom stereocenters. The van der Waals surface area contributed by atoms with Crippen molar-refractivity contribution in [1.29, 1.82) is 0 Å². The number of piperidine rings is 1. The molecule has 0 bridgehead atoms. The molecule has 5 nitrogen and oxygen atoms in total. The first-order valence-electron chi connectivity index (χ1n) is 5.99. The van der Waals surface area contributed by atoms with Crippen LogP contribution in [0.3, 0.4) is 0 Å². The van der Waals surface area contributed by atoms with Crippen LogP contribution in [-0.4, -0.2) is 57.2 Å². The van der Waals surface area contributed by atoms with Crippen molar-refractivity contribution in [2.75, 3.05) is 18.2 Å². The van der Waals surface area contributed by atoms with Crippen LogP contribution in [0.1, 0.15) is 26.2 Å². The number of carboxylic acid groups (broad SMARTS) is 1. The van der Waals surface area contributed by atoms with E-state index in [4.69, 9.17) is 5.11 Å². The molecule has 2 amide bonds. The summed E-state index contributed by atoms with van der Waals surface area (Å²) in [5.41, 5.74) is 0. The monoisotopic (exact) mass is 258 g/mol. The largest absolute Gasteiger partial charge is 0.480 e. The Balaban J connectivity index is 2.05. The number of hydrogen-bond acceptors (Lipinski definition) is 3. The van der Waals surface area contributed by atoms with Crippen LogP contribution in [0.25, 0.3) is 0 Å². The molecule has 96 valence electrons. The molecular formula is C11H18N2O3S. The van der Waals surface area contributed by atoms with Gasteiger partial charge in [0.1, 0.15) is 6.04 Å². The van der Waals surface area contributed by atoms with Crippen molar-refractivity contribution in [3.05, 3.63) is 0 Å². The van der Waals surface area contributed by atoms with Crippen LogP contribution in [-0.2, 0) is 4.79 Å². The van der Waals surface area contributed by atoms with E-state index in [1.807, 2.05) is 11.8 Å². The summed E-state index contributed by atoms with van der Waals surface area (Å²) in [6.45, 7) is 2.80. The van der Waals surface area contributed by atoms with E-state index < -0.39 is 12.0 Å². The summed E-state index contributed by atoms with van der Waals surface area (Å²) < 4.78 is 0. The predicted molar refractivity (Wildman–Crippen MR) is 66.0 cm³/mol. The van der Waals surface area contributed by atoms with E-state index in [1.165, 1.54) is 16.7 Å². The molecule has 2 saturated heterocycles. The number of nitrogens with zero attached hydrogens (tertiary/aromatic N) is 2. The van der Waals surface area contributed by atoms with E-state index in [-0.39, 0.29) is 12.1 Å². The van der Waals surface area contributed by atoms with Crippen molar-refractivity contribution in [2.24, 2.45) is 0 Å². The Morgan fingerprint density at radius 1 is 1.29 bits per heavy atom. The molecule has 2 aliphatic rings. The summed E-state index contributed by atoms with van der Waals surface area (Å²) in [4.78, 5) is 26.7. The molecule has 0 saturated carbocycles. The SMILES string of the molecule is CC1CCCCN1C(=O)N1CSC[C@H]1C(=O)O. The Hall–Kier alpha value is -0.910. The lowest BCUT2D eigenvalue weighted by Crippen LogP contribution is -2.52. The van der Waals surface area contributed by atoms with Crippen LogP contribution in [0.5, 0.6) is 0 Å². The smallest absolute Gasteiger partial charge is 0.327 e. The molecule has 2 atom stereocenters. The van der Waals surface area contributed by atoms with Gasteiger partial charge in [-0.1, -0.05) is 0 Å². The first-order chi connectivity index (χ1) is 8.11. The van der Waals surface area contributed by atoms with Crippen molar-refractivity contribution in [3.8, 4) is 0 Å². The molecule has 2 aliphatic heterocycles. The number of aliphatic carboxylic acids is 1. The minimum absolute atomic E-state index is 0.102. The molecule has 2 fully saturated rings. The standard InChI is InChI=1S/C11H18N2O3S/c1-8-4-2-3-5-12(8)11(16)13-7-17-6-9(13)10(14)15/h8-9H,2-7H2,1H3,(H,14,15)/t8?,9-/m0/s1. The third-order valence-corrected chi connectivity index (χ3v) is 4.47. The molecule has 2 rings (SSSR count). The van der Waals surface area contributed by atoms with Gasteiger partial charge < -0.3 is 14.9 Å². The summed E-state index contributed by atoms with van der Waals surface area (Å²) in [5.74, 6) is 0.107. The molecule has 0 aromatic carbocycles. The topological polar surface area (TPSA) is 60.9 Å². The zero-order chi connectivity index (χ0) is 12.4. The van der Waals surface area contributed by atoms with E-state index in [0.717, 1.165) is 25.8 Å². The average molecular weight is 258 g/mol. The number of rotatable bonds is 1. The first kappa shape index (κ1) is 12.5. The Bertz CT molecular complexity index is 324. The quantitative estimate of drug-likeness (QED) is 0.773. The van der Waals surface area contributed by atoms with Gasteiger partial charge in [-0.2, -0.15) is 0 Å². The zero-order valence-electron chi connectivity index (χ0n) is 9.96. The highest BCUT2D eigenvalue weighted by Gasteiger charge is 2.38. The molecule has 17 heavy (non-hydrogen) atoms. The number of likely N-dealkylation sites (tertiary alicyclic amines) is 1. The molecule has 0 radical (unpaired) electrons. The maximum atomic E-state index is 12.3. The molecular weight excluding hydrogens is 240 g/mol. The molecule has 0 aromatic heterocycles. The Morgan fingerprint density at radius 2 is 2.06 bits per heavy atom. The fourth-order valence-corrected chi connectivity index (χ4v) is 3.52. The van der Waals surface area contributed by atoms with Gasteiger partial charge in [-0.25, -0.2) is 9.59 Å². The van der Waals surface area contributed by atoms with Crippen LogP contribution in [0.4, 0.5) is 4.79 Å².